The second-order valence-corrected chi connectivity index (χ2v) is 3.15. The van der Waals surface area contributed by atoms with Crippen LogP contribution in [0.25, 0.3) is 0 Å². The zero-order valence-electron chi connectivity index (χ0n) is 6.51. The Morgan fingerprint density at radius 3 is 2.91 bits per heavy atom. The minimum atomic E-state index is 0.569. The number of nitrogens with zero attached hydrogens (tertiary/aromatic N) is 1. The second-order valence-electron chi connectivity index (χ2n) is 3.15. The molecule has 1 heterocycles. The molecule has 0 aromatic carbocycles. The summed E-state index contributed by atoms with van der Waals surface area (Å²) in [6.07, 6.45) is 3.96. The van der Waals surface area contributed by atoms with Gasteiger partial charge in [0.1, 0.15) is 0 Å². The SMILES string of the molecule is NCc1cc(C2CCC2)n[nH]1. The number of aromatic nitrogens is 2. The first-order chi connectivity index (χ1) is 5.40. The van der Waals surface area contributed by atoms with Gasteiger partial charge in [0.15, 0.2) is 0 Å². The molecule has 0 spiro atoms. The molecule has 2 rings (SSSR count). The van der Waals surface area contributed by atoms with E-state index in [0.29, 0.717) is 12.5 Å². The van der Waals surface area contributed by atoms with E-state index in [1.807, 2.05) is 0 Å². The van der Waals surface area contributed by atoms with Crippen LogP contribution in [0.2, 0.25) is 0 Å². The molecule has 1 saturated carbocycles. The fourth-order valence-electron chi connectivity index (χ4n) is 1.40. The molecule has 60 valence electrons. The zero-order chi connectivity index (χ0) is 7.68. The summed E-state index contributed by atoms with van der Waals surface area (Å²) >= 11 is 0. The van der Waals surface area contributed by atoms with E-state index >= 15 is 0 Å². The van der Waals surface area contributed by atoms with E-state index in [1.165, 1.54) is 25.0 Å². The van der Waals surface area contributed by atoms with E-state index in [0.717, 1.165) is 5.69 Å². The molecule has 1 aromatic rings. The summed E-state index contributed by atoms with van der Waals surface area (Å²) in [5, 5.41) is 7.13. The van der Waals surface area contributed by atoms with Crippen LogP contribution in [-0.2, 0) is 6.54 Å². The van der Waals surface area contributed by atoms with Gasteiger partial charge < -0.3 is 5.73 Å². The number of hydrogen-bond donors (Lipinski definition) is 2. The Kier molecular flexibility index (Phi) is 1.66. The molecule has 0 amide bonds. The average molecular weight is 151 g/mol. The Morgan fingerprint density at radius 1 is 1.64 bits per heavy atom. The number of H-pyrrole nitrogens is 1. The number of rotatable bonds is 2. The third-order valence-corrected chi connectivity index (χ3v) is 2.39. The molecule has 0 atom stereocenters. The third kappa shape index (κ3) is 1.16. The predicted octanol–water partition coefficient (Wildman–Crippen LogP) is 1.14. The molecule has 1 aromatic heterocycles. The second kappa shape index (κ2) is 2.66. The van der Waals surface area contributed by atoms with Crippen LogP contribution < -0.4 is 5.73 Å². The van der Waals surface area contributed by atoms with Gasteiger partial charge in [0.05, 0.1) is 5.69 Å². The van der Waals surface area contributed by atoms with Crippen molar-refractivity contribution in [2.24, 2.45) is 5.73 Å². The summed E-state index contributed by atoms with van der Waals surface area (Å²) in [6.45, 7) is 0.569. The lowest BCUT2D eigenvalue weighted by Crippen LogP contribution is -2.08. The number of hydrogen-bond acceptors (Lipinski definition) is 2. The lowest BCUT2D eigenvalue weighted by molar-refractivity contribution is 0.410. The summed E-state index contributed by atoms with van der Waals surface area (Å²) in [4.78, 5) is 0. The van der Waals surface area contributed by atoms with Crippen molar-refractivity contribution < 1.29 is 0 Å². The van der Waals surface area contributed by atoms with Gasteiger partial charge in [-0.15, -0.1) is 0 Å². The maximum Gasteiger partial charge on any atom is 0.0656 e. The Labute approximate surface area is 66.0 Å². The molecule has 0 radical (unpaired) electrons. The monoisotopic (exact) mass is 151 g/mol. The van der Waals surface area contributed by atoms with Gasteiger partial charge in [-0.3, -0.25) is 5.10 Å². The quantitative estimate of drug-likeness (QED) is 0.665. The van der Waals surface area contributed by atoms with Gasteiger partial charge in [0, 0.05) is 18.2 Å². The Bertz CT molecular complexity index is 237. The van der Waals surface area contributed by atoms with Crippen molar-refractivity contribution in [3.8, 4) is 0 Å². The zero-order valence-corrected chi connectivity index (χ0v) is 6.51. The maximum atomic E-state index is 5.45. The third-order valence-electron chi connectivity index (χ3n) is 2.39. The molecule has 1 aliphatic rings. The fraction of sp³-hybridized carbons (Fsp3) is 0.625. The van der Waals surface area contributed by atoms with E-state index < -0.39 is 0 Å². The van der Waals surface area contributed by atoms with Crippen LogP contribution in [0.3, 0.4) is 0 Å². The number of aromatic amines is 1. The minimum Gasteiger partial charge on any atom is -0.325 e. The van der Waals surface area contributed by atoms with Crippen LogP contribution in [0, 0.1) is 0 Å². The van der Waals surface area contributed by atoms with Crippen LogP contribution in [0.4, 0.5) is 0 Å². The molecular weight excluding hydrogens is 138 g/mol. The van der Waals surface area contributed by atoms with Crippen molar-refractivity contribution in [1.29, 1.82) is 0 Å². The summed E-state index contributed by atoms with van der Waals surface area (Å²) in [5.41, 5.74) is 7.70. The molecule has 0 aliphatic heterocycles. The van der Waals surface area contributed by atoms with E-state index in [-0.39, 0.29) is 0 Å². The van der Waals surface area contributed by atoms with Gasteiger partial charge in [-0.25, -0.2) is 0 Å². The van der Waals surface area contributed by atoms with Gasteiger partial charge in [0.25, 0.3) is 0 Å². The molecule has 3 N–H and O–H groups in total. The lowest BCUT2D eigenvalue weighted by atomic mass is 9.83. The van der Waals surface area contributed by atoms with Crippen LogP contribution in [0.15, 0.2) is 6.07 Å². The van der Waals surface area contributed by atoms with Crippen molar-refractivity contribution in [2.75, 3.05) is 0 Å². The summed E-state index contributed by atoms with van der Waals surface area (Å²) in [7, 11) is 0. The van der Waals surface area contributed by atoms with Crippen LogP contribution >= 0.6 is 0 Å². The van der Waals surface area contributed by atoms with Crippen LogP contribution in [0.1, 0.15) is 36.6 Å². The molecule has 0 unspecified atom stereocenters. The lowest BCUT2D eigenvalue weighted by Gasteiger charge is -2.22. The van der Waals surface area contributed by atoms with Gasteiger partial charge >= 0.3 is 0 Å². The van der Waals surface area contributed by atoms with Crippen LogP contribution in [-0.4, -0.2) is 10.2 Å². The molecule has 11 heavy (non-hydrogen) atoms. The molecule has 3 heteroatoms. The molecule has 0 saturated heterocycles. The summed E-state index contributed by atoms with van der Waals surface area (Å²) < 4.78 is 0. The Hall–Kier alpha value is -0.830. The molecule has 0 bridgehead atoms. The number of nitrogens with two attached hydrogens (primary N) is 1. The van der Waals surface area contributed by atoms with Crippen molar-refractivity contribution in [1.82, 2.24) is 10.2 Å². The smallest absolute Gasteiger partial charge is 0.0656 e. The average Bonchev–Trinajstić information content (AvgIpc) is 2.32. The number of nitrogens with one attached hydrogen (secondary N) is 1. The molecule has 1 aliphatic carbocycles. The van der Waals surface area contributed by atoms with Crippen molar-refractivity contribution in [2.45, 2.75) is 31.7 Å². The van der Waals surface area contributed by atoms with Gasteiger partial charge in [-0.1, -0.05) is 6.42 Å². The highest BCUT2D eigenvalue weighted by molar-refractivity contribution is 5.14. The van der Waals surface area contributed by atoms with Gasteiger partial charge in [0.2, 0.25) is 0 Å². The maximum absolute atomic E-state index is 5.45. The highest BCUT2D eigenvalue weighted by Gasteiger charge is 2.21. The minimum absolute atomic E-state index is 0.569. The summed E-state index contributed by atoms with van der Waals surface area (Å²) in [6, 6.07) is 2.09. The first kappa shape index (κ1) is 6.85. The Balaban J connectivity index is 2.11. The largest absolute Gasteiger partial charge is 0.325 e. The molecule has 1 fully saturated rings. The molecular formula is C8H13N3. The van der Waals surface area contributed by atoms with E-state index in [9.17, 15) is 0 Å². The van der Waals surface area contributed by atoms with E-state index in [1.54, 1.807) is 0 Å². The topological polar surface area (TPSA) is 54.7 Å². The fourth-order valence-corrected chi connectivity index (χ4v) is 1.40. The van der Waals surface area contributed by atoms with Crippen LogP contribution in [0.5, 0.6) is 0 Å². The standard InChI is InChI=1S/C8H13N3/c9-5-7-4-8(11-10-7)6-2-1-3-6/h4,6H,1-3,5,9H2,(H,10,11). The summed E-state index contributed by atoms with van der Waals surface area (Å²) in [5.74, 6) is 0.714. The van der Waals surface area contributed by atoms with E-state index in [4.69, 9.17) is 5.73 Å². The highest BCUT2D eigenvalue weighted by atomic mass is 15.1. The van der Waals surface area contributed by atoms with Crippen molar-refractivity contribution in [3.05, 3.63) is 17.5 Å². The Morgan fingerprint density at radius 2 is 2.45 bits per heavy atom. The molecule has 3 nitrogen and oxygen atoms in total. The van der Waals surface area contributed by atoms with Crippen molar-refractivity contribution >= 4 is 0 Å². The first-order valence-electron chi connectivity index (χ1n) is 4.14. The normalized spacial score (nSPS) is 18.3. The highest BCUT2D eigenvalue weighted by Crippen LogP contribution is 2.35. The van der Waals surface area contributed by atoms with Gasteiger partial charge in [-0.2, -0.15) is 5.10 Å². The first-order valence-corrected chi connectivity index (χ1v) is 4.14. The van der Waals surface area contributed by atoms with E-state index in [2.05, 4.69) is 16.3 Å². The van der Waals surface area contributed by atoms with Crippen molar-refractivity contribution in [3.63, 3.8) is 0 Å². The van der Waals surface area contributed by atoms with Gasteiger partial charge in [-0.05, 0) is 18.9 Å². The predicted molar refractivity (Wildman–Crippen MR) is 43.1 cm³/mol.